The first-order valence-corrected chi connectivity index (χ1v) is 8.92. The Morgan fingerprint density at radius 3 is 2.43 bits per heavy atom. The van der Waals surface area contributed by atoms with E-state index in [9.17, 15) is 4.57 Å². The molecule has 0 saturated heterocycles. The number of benzene rings is 2. The first kappa shape index (κ1) is 13.0. The monoisotopic (exact) mass is 293 g/mol. The van der Waals surface area contributed by atoms with Gasteiger partial charge in [0.25, 0.3) is 0 Å². The van der Waals surface area contributed by atoms with Crippen molar-refractivity contribution in [1.29, 1.82) is 0 Å². The van der Waals surface area contributed by atoms with Gasteiger partial charge in [-0.1, -0.05) is 41.0 Å². The molecule has 0 aliphatic heterocycles. The van der Waals surface area contributed by atoms with Crippen molar-refractivity contribution >= 4 is 24.0 Å². The summed E-state index contributed by atoms with van der Waals surface area (Å²) in [6.45, 7) is 0. The standard InChI is InChI=1S/C19H18OP/c20-21(17-6-2-1-3-7-17)18-8-4-5-15(13-18)19-12-14-9-10-16(19)11-14/h1-8,12-14,16H,9-11H2/q+1. The maximum Gasteiger partial charge on any atom is 0.415 e. The molecule has 2 aliphatic rings. The molecule has 21 heavy (non-hydrogen) atoms. The van der Waals surface area contributed by atoms with E-state index in [1.54, 1.807) is 0 Å². The molecule has 0 N–H and O–H groups in total. The first-order chi connectivity index (χ1) is 10.3. The summed E-state index contributed by atoms with van der Waals surface area (Å²) in [6.07, 6.45) is 6.45. The summed E-state index contributed by atoms with van der Waals surface area (Å²) in [5.41, 5.74) is 2.77. The molecule has 104 valence electrons. The third-order valence-corrected chi connectivity index (χ3v) is 6.25. The summed E-state index contributed by atoms with van der Waals surface area (Å²) in [6, 6.07) is 18.1. The quantitative estimate of drug-likeness (QED) is 0.772. The van der Waals surface area contributed by atoms with E-state index in [1.807, 2.05) is 42.5 Å². The highest BCUT2D eigenvalue weighted by molar-refractivity contribution is 7.61. The van der Waals surface area contributed by atoms with Crippen molar-refractivity contribution in [3.63, 3.8) is 0 Å². The minimum atomic E-state index is -1.49. The van der Waals surface area contributed by atoms with Gasteiger partial charge in [-0.05, 0) is 66.5 Å². The molecular weight excluding hydrogens is 275 g/mol. The molecule has 2 bridgehead atoms. The Bertz CT molecular complexity index is 717. The van der Waals surface area contributed by atoms with Gasteiger partial charge < -0.3 is 0 Å². The minimum absolute atomic E-state index is 0.736. The fourth-order valence-corrected chi connectivity index (χ4v) is 4.92. The Kier molecular flexibility index (Phi) is 3.24. The van der Waals surface area contributed by atoms with Gasteiger partial charge in [0.05, 0.1) is 0 Å². The third-order valence-electron chi connectivity index (χ3n) is 4.73. The zero-order valence-corrected chi connectivity index (χ0v) is 12.8. The predicted octanol–water partition coefficient (Wildman–Crippen LogP) is 4.28. The second-order valence-electron chi connectivity index (χ2n) is 6.07. The summed E-state index contributed by atoms with van der Waals surface area (Å²) in [5, 5.41) is 1.85. The maximum atomic E-state index is 12.7. The Balaban J connectivity index is 1.68. The Morgan fingerprint density at radius 1 is 0.905 bits per heavy atom. The summed E-state index contributed by atoms with van der Waals surface area (Å²) in [5.74, 6) is 1.52. The number of hydrogen-bond acceptors (Lipinski definition) is 1. The highest BCUT2D eigenvalue weighted by Gasteiger charge is 2.34. The average Bonchev–Trinajstić information content (AvgIpc) is 3.18. The highest BCUT2D eigenvalue weighted by atomic mass is 31.1. The van der Waals surface area contributed by atoms with Crippen LogP contribution in [0.3, 0.4) is 0 Å². The van der Waals surface area contributed by atoms with E-state index in [-0.39, 0.29) is 0 Å². The predicted molar refractivity (Wildman–Crippen MR) is 88.6 cm³/mol. The van der Waals surface area contributed by atoms with Crippen molar-refractivity contribution in [1.82, 2.24) is 0 Å². The van der Waals surface area contributed by atoms with Crippen LogP contribution in [0.1, 0.15) is 24.8 Å². The van der Waals surface area contributed by atoms with Crippen LogP contribution >= 0.6 is 7.80 Å². The fourth-order valence-electron chi connectivity index (χ4n) is 3.70. The topological polar surface area (TPSA) is 17.1 Å². The lowest BCUT2D eigenvalue weighted by atomic mass is 9.92. The van der Waals surface area contributed by atoms with Gasteiger partial charge in [0, 0.05) is 0 Å². The fraction of sp³-hybridized carbons (Fsp3) is 0.263. The first-order valence-electron chi connectivity index (χ1n) is 7.66. The molecule has 1 nitrogen and oxygen atoms in total. The highest BCUT2D eigenvalue weighted by Crippen LogP contribution is 2.47. The molecule has 2 aromatic rings. The van der Waals surface area contributed by atoms with E-state index >= 15 is 0 Å². The van der Waals surface area contributed by atoms with Gasteiger partial charge in [-0.2, -0.15) is 0 Å². The van der Waals surface area contributed by atoms with Crippen molar-refractivity contribution in [2.45, 2.75) is 19.3 Å². The molecule has 2 heteroatoms. The summed E-state index contributed by atoms with van der Waals surface area (Å²) in [4.78, 5) is 0. The molecule has 1 saturated carbocycles. The van der Waals surface area contributed by atoms with E-state index < -0.39 is 7.80 Å². The number of rotatable bonds is 3. The molecule has 3 unspecified atom stereocenters. The Labute approximate surface area is 126 Å². The molecule has 0 radical (unpaired) electrons. The second-order valence-corrected chi connectivity index (χ2v) is 7.69. The van der Waals surface area contributed by atoms with Crippen molar-refractivity contribution in [3.8, 4) is 0 Å². The Hall–Kier alpha value is -1.72. The van der Waals surface area contributed by atoms with Crippen LogP contribution in [0, 0.1) is 11.8 Å². The van der Waals surface area contributed by atoms with Crippen LogP contribution in [0.4, 0.5) is 0 Å². The molecular formula is C19H18OP+. The minimum Gasteiger partial charge on any atom is -0.0773 e. The molecule has 0 amide bonds. The van der Waals surface area contributed by atoms with Gasteiger partial charge in [-0.3, -0.25) is 0 Å². The summed E-state index contributed by atoms with van der Waals surface area (Å²) >= 11 is 0. The van der Waals surface area contributed by atoms with E-state index in [1.165, 1.54) is 30.4 Å². The van der Waals surface area contributed by atoms with E-state index in [0.717, 1.165) is 22.4 Å². The van der Waals surface area contributed by atoms with Gasteiger partial charge in [-0.25, -0.2) is 0 Å². The van der Waals surface area contributed by atoms with E-state index in [2.05, 4.69) is 18.2 Å². The van der Waals surface area contributed by atoms with E-state index in [0.29, 0.717) is 0 Å². The lowest BCUT2D eigenvalue weighted by Gasteiger charge is -2.13. The average molecular weight is 293 g/mol. The zero-order chi connectivity index (χ0) is 14.2. The lowest BCUT2D eigenvalue weighted by Crippen LogP contribution is -2.07. The molecule has 3 atom stereocenters. The molecule has 1 fully saturated rings. The number of hydrogen-bond donors (Lipinski definition) is 0. The van der Waals surface area contributed by atoms with Gasteiger partial charge in [0.15, 0.2) is 10.6 Å². The largest absolute Gasteiger partial charge is 0.415 e. The van der Waals surface area contributed by atoms with Crippen molar-refractivity contribution in [2.75, 3.05) is 0 Å². The zero-order valence-electron chi connectivity index (χ0n) is 11.9. The van der Waals surface area contributed by atoms with Gasteiger partial charge in [0.2, 0.25) is 0 Å². The SMILES string of the molecule is O=[P+](c1ccccc1)c1cccc(C2=CC3CCC2C3)c1. The van der Waals surface area contributed by atoms with Crippen LogP contribution in [0.25, 0.3) is 5.57 Å². The Morgan fingerprint density at radius 2 is 1.71 bits per heavy atom. The van der Waals surface area contributed by atoms with Crippen molar-refractivity contribution in [3.05, 3.63) is 66.2 Å². The van der Waals surface area contributed by atoms with Crippen LogP contribution in [-0.4, -0.2) is 0 Å². The third kappa shape index (κ3) is 2.36. The van der Waals surface area contributed by atoms with Crippen LogP contribution in [0.5, 0.6) is 0 Å². The molecule has 0 heterocycles. The lowest BCUT2D eigenvalue weighted by molar-refractivity contribution is 0.598. The number of allylic oxidation sites excluding steroid dienone is 2. The molecule has 2 aromatic carbocycles. The van der Waals surface area contributed by atoms with Crippen LogP contribution in [0.2, 0.25) is 0 Å². The van der Waals surface area contributed by atoms with Gasteiger partial charge >= 0.3 is 7.80 Å². The van der Waals surface area contributed by atoms with E-state index in [4.69, 9.17) is 0 Å². The summed E-state index contributed by atoms with van der Waals surface area (Å²) < 4.78 is 12.7. The van der Waals surface area contributed by atoms with Crippen LogP contribution in [-0.2, 0) is 4.57 Å². The normalized spacial score (nSPS) is 24.0. The molecule has 0 spiro atoms. The molecule has 4 rings (SSSR count). The van der Waals surface area contributed by atoms with Crippen LogP contribution in [0.15, 0.2) is 60.7 Å². The second kappa shape index (κ2) is 5.24. The maximum absolute atomic E-state index is 12.7. The van der Waals surface area contributed by atoms with Crippen molar-refractivity contribution < 1.29 is 4.57 Å². The number of fused-ring (bicyclic) bond motifs is 2. The van der Waals surface area contributed by atoms with Crippen LogP contribution < -0.4 is 10.6 Å². The summed E-state index contributed by atoms with van der Waals surface area (Å²) in [7, 11) is -1.49. The smallest absolute Gasteiger partial charge is 0.0773 e. The molecule has 2 aliphatic carbocycles. The molecule has 0 aromatic heterocycles. The van der Waals surface area contributed by atoms with Gasteiger partial charge in [-0.15, -0.1) is 0 Å². The van der Waals surface area contributed by atoms with Gasteiger partial charge in [0.1, 0.15) is 0 Å². The van der Waals surface area contributed by atoms with Crippen molar-refractivity contribution in [2.24, 2.45) is 11.8 Å².